The van der Waals surface area contributed by atoms with Gasteiger partial charge in [-0.15, -0.1) is 0 Å². The van der Waals surface area contributed by atoms with E-state index in [1.165, 1.54) is 32.4 Å². The molecule has 0 spiro atoms. The van der Waals surface area contributed by atoms with Crippen molar-refractivity contribution in [1.29, 1.82) is 0 Å². The molecule has 1 saturated carbocycles. The highest BCUT2D eigenvalue weighted by Gasteiger charge is 2.34. The molecule has 2 rings (SSSR count). The van der Waals surface area contributed by atoms with E-state index < -0.39 is 11.7 Å². The fraction of sp³-hybridized carbons (Fsp3) is 0.600. The Bertz CT molecular complexity index is 455. The number of nitrogens with one attached hydrogen (secondary N) is 1. The summed E-state index contributed by atoms with van der Waals surface area (Å²) in [4.78, 5) is 0. The zero-order chi connectivity index (χ0) is 14.8. The molecule has 1 fully saturated rings. The van der Waals surface area contributed by atoms with Crippen molar-refractivity contribution in [2.45, 2.75) is 44.8 Å². The van der Waals surface area contributed by atoms with Crippen LogP contribution in [0.3, 0.4) is 0 Å². The van der Waals surface area contributed by atoms with Crippen LogP contribution in [0.1, 0.15) is 38.2 Å². The minimum atomic E-state index is -4.38. The lowest BCUT2D eigenvalue weighted by molar-refractivity contribution is -0.137. The van der Waals surface area contributed by atoms with Gasteiger partial charge in [-0.05, 0) is 37.5 Å². The number of hydrogen-bond acceptors (Lipinski definition) is 2. The van der Waals surface area contributed by atoms with Crippen LogP contribution < -0.4 is 10.1 Å². The SMILES string of the molecule is COc1ccc(NC(C)CC2CCC2)c(C(F)(F)F)c1. The van der Waals surface area contributed by atoms with Crippen molar-refractivity contribution in [1.82, 2.24) is 0 Å². The van der Waals surface area contributed by atoms with Crippen LogP contribution in [0, 0.1) is 5.92 Å². The molecule has 1 aliphatic rings. The largest absolute Gasteiger partial charge is 0.497 e. The Morgan fingerprint density at radius 1 is 1.35 bits per heavy atom. The molecule has 0 aromatic heterocycles. The van der Waals surface area contributed by atoms with E-state index in [-0.39, 0.29) is 17.5 Å². The predicted octanol–water partition coefficient (Wildman–Crippen LogP) is 4.70. The lowest BCUT2D eigenvalue weighted by atomic mass is 9.81. The Morgan fingerprint density at radius 3 is 2.55 bits per heavy atom. The molecule has 0 heterocycles. The summed E-state index contributed by atoms with van der Waals surface area (Å²) >= 11 is 0. The first kappa shape index (κ1) is 15.0. The van der Waals surface area contributed by atoms with Gasteiger partial charge >= 0.3 is 6.18 Å². The maximum Gasteiger partial charge on any atom is 0.418 e. The van der Waals surface area contributed by atoms with Gasteiger partial charge in [0.15, 0.2) is 0 Å². The van der Waals surface area contributed by atoms with Crippen molar-refractivity contribution in [2.24, 2.45) is 5.92 Å². The topological polar surface area (TPSA) is 21.3 Å². The van der Waals surface area contributed by atoms with Gasteiger partial charge < -0.3 is 10.1 Å². The molecule has 0 saturated heterocycles. The highest BCUT2D eigenvalue weighted by molar-refractivity contribution is 5.56. The Labute approximate surface area is 117 Å². The van der Waals surface area contributed by atoms with Crippen molar-refractivity contribution >= 4 is 5.69 Å². The lowest BCUT2D eigenvalue weighted by Crippen LogP contribution is -2.24. The lowest BCUT2D eigenvalue weighted by Gasteiger charge is -2.29. The number of hydrogen-bond donors (Lipinski definition) is 1. The smallest absolute Gasteiger partial charge is 0.418 e. The molecule has 0 amide bonds. The highest BCUT2D eigenvalue weighted by atomic mass is 19.4. The monoisotopic (exact) mass is 287 g/mol. The van der Waals surface area contributed by atoms with E-state index in [0.29, 0.717) is 5.92 Å². The van der Waals surface area contributed by atoms with Crippen LogP contribution in [0.15, 0.2) is 18.2 Å². The maximum atomic E-state index is 13.1. The van der Waals surface area contributed by atoms with E-state index in [0.717, 1.165) is 12.5 Å². The third-order valence-electron chi connectivity index (χ3n) is 3.85. The molecule has 0 bridgehead atoms. The molecule has 20 heavy (non-hydrogen) atoms. The summed E-state index contributed by atoms with van der Waals surface area (Å²) < 4.78 is 44.1. The molecule has 112 valence electrons. The first-order valence-corrected chi connectivity index (χ1v) is 6.92. The van der Waals surface area contributed by atoms with Crippen LogP contribution in [0.25, 0.3) is 0 Å². The summed E-state index contributed by atoms with van der Waals surface area (Å²) in [5.74, 6) is 0.875. The van der Waals surface area contributed by atoms with Gasteiger partial charge in [0.25, 0.3) is 0 Å². The van der Waals surface area contributed by atoms with E-state index in [1.807, 2.05) is 6.92 Å². The molecule has 1 unspecified atom stereocenters. The molecule has 5 heteroatoms. The van der Waals surface area contributed by atoms with Gasteiger partial charge in [-0.25, -0.2) is 0 Å². The summed E-state index contributed by atoms with van der Waals surface area (Å²) in [5, 5.41) is 2.99. The molecular formula is C15H20F3NO. The molecule has 0 radical (unpaired) electrons. The van der Waals surface area contributed by atoms with E-state index in [1.54, 1.807) is 6.07 Å². The molecule has 1 N–H and O–H groups in total. The summed E-state index contributed by atoms with van der Waals surface area (Å²) in [5.41, 5.74) is -0.539. The Hall–Kier alpha value is -1.39. The normalized spacial score (nSPS) is 17.4. The van der Waals surface area contributed by atoms with Crippen molar-refractivity contribution < 1.29 is 17.9 Å². The van der Waals surface area contributed by atoms with Crippen LogP contribution in [0.5, 0.6) is 5.75 Å². The van der Waals surface area contributed by atoms with E-state index >= 15 is 0 Å². The van der Waals surface area contributed by atoms with Crippen molar-refractivity contribution in [3.8, 4) is 5.75 Å². The minimum absolute atomic E-state index is 0.0368. The highest BCUT2D eigenvalue weighted by Crippen LogP contribution is 2.38. The van der Waals surface area contributed by atoms with Crippen LogP contribution in [-0.2, 0) is 6.18 Å². The van der Waals surface area contributed by atoms with Crippen LogP contribution in [-0.4, -0.2) is 13.2 Å². The molecule has 1 aromatic rings. The zero-order valence-corrected chi connectivity index (χ0v) is 11.8. The number of anilines is 1. The third-order valence-corrected chi connectivity index (χ3v) is 3.85. The second-order valence-electron chi connectivity index (χ2n) is 5.49. The van der Waals surface area contributed by atoms with Gasteiger partial charge in [0.2, 0.25) is 0 Å². The summed E-state index contributed by atoms with van der Waals surface area (Å²) in [6.45, 7) is 1.93. The van der Waals surface area contributed by atoms with Gasteiger partial charge in [0.1, 0.15) is 5.75 Å². The van der Waals surface area contributed by atoms with E-state index in [9.17, 15) is 13.2 Å². The molecule has 0 aliphatic heterocycles. The van der Waals surface area contributed by atoms with Crippen LogP contribution >= 0.6 is 0 Å². The average molecular weight is 287 g/mol. The van der Waals surface area contributed by atoms with Gasteiger partial charge in [-0.3, -0.25) is 0 Å². The van der Waals surface area contributed by atoms with Crippen molar-refractivity contribution in [3.05, 3.63) is 23.8 Å². The number of methoxy groups -OCH3 is 1. The van der Waals surface area contributed by atoms with E-state index in [2.05, 4.69) is 5.32 Å². The second-order valence-corrected chi connectivity index (χ2v) is 5.49. The van der Waals surface area contributed by atoms with E-state index in [4.69, 9.17) is 4.74 Å². The average Bonchev–Trinajstić information content (AvgIpc) is 2.33. The molecule has 1 aromatic carbocycles. The third kappa shape index (κ3) is 3.58. The van der Waals surface area contributed by atoms with Crippen LogP contribution in [0.2, 0.25) is 0 Å². The molecule has 1 atom stereocenters. The quantitative estimate of drug-likeness (QED) is 0.847. The number of benzene rings is 1. The number of rotatable bonds is 5. The van der Waals surface area contributed by atoms with Gasteiger partial charge in [-0.2, -0.15) is 13.2 Å². The zero-order valence-electron chi connectivity index (χ0n) is 11.8. The van der Waals surface area contributed by atoms with Crippen molar-refractivity contribution in [2.75, 3.05) is 12.4 Å². The van der Waals surface area contributed by atoms with Crippen LogP contribution in [0.4, 0.5) is 18.9 Å². The van der Waals surface area contributed by atoms with Crippen molar-refractivity contribution in [3.63, 3.8) is 0 Å². The molecule has 1 aliphatic carbocycles. The van der Waals surface area contributed by atoms with Gasteiger partial charge in [0, 0.05) is 11.7 Å². The Balaban J connectivity index is 2.12. The fourth-order valence-electron chi connectivity index (χ4n) is 2.56. The Kier molecular flexibility index (Phi) is 4.45. The van der Waals surface area contributed by atoms with Gasteiger partial charge in [0.05, 0.1) is 12.7 Å². The second kappa shape index (κ2) is 5.94. The number of alkyl halides is 3. The fourth-order valence-corrected chi connectivity index (χ4v) is 2.56. The minimum Gasteiger partial charge on any atom is -0.497 e. The standard InChI is InChI=1S/C15H20F3NO/c1-10(8-11-4-3-5-11)19-14-7-6-12(20-2)9-13(14)15(16,17)18/h6-7,9-11,19H,3-5,8H2,1-2H3. The Morgan fingerprint density at radius 2 is 2.05 bits per heavy atom. The summed E-state index contributed by atoms with van der Waals surface area (Å²) in [6.07, 6.45) is 0.172. The number of ether oxygens (including phenoxy) is 1. The summed E-state index contributed by atoms with van der Waals surface area (Å²) in [7, 11) is 1.36. The first-order valence-electron chi connectivity index (χ1n) is 6.92. The van der Waals surface area contributed by atoms with Gasteiger partial charge in [-0.1, -0.05) is 19.3 Å². The first-order chi connectivity index (χ1) is 9.40. The predicted molar refractivity (Wildman–Crippen MR) is 73.0 cm³/mol. The maximum absolute atomic E-state index is 13.1. The molecule has 2 nitrogen and oxygen atoms in total. The summed E-state index contributed by atoms with van der Waals surface area (Å²) in [6, 6.07) is 4.07. The number of halogens is 3. The molecular weight excluding hydrogens is 267 g/mol.